The Bertz CT molecular complexity index is 3610. The Labute approximate surface area is 379 Å². The Morgan fingerprint density at radius 2 is 0.815 bits per heavy atom. The van der Waals surface area contributed by atoms with Gasteiger partial charge < -0.3 is 9.13 Å². The Hall–Kier alpha value is -7.63. The van der Waals surface area contributed by atoms with Crippen molar-refractivity contribution in [3.8, 4) is 56.7 Å². The van der Waals surface area contributed by atoms with E-state index in [0.29, 0.717) is 23.4 Å². The van der Waals surface area contributed by atoms with Crippen molar-refractivity contribution in [3.05, 3.63) is 199 Å². The standard InChI is InChI=1S/C60H49N5/c1-38-37-59(2,3)51-36-45(32-35-50(51)60(38,4)5)65-53-23-15-13-21-47(53)49-34-33-48-46-20-12-14-22-52(46)64(54(48)55(49)65)44-30-28-43(29-31-44)58-62-56(41-18-10-7-11-19-41)61-57(63-58)42-26-24-40(25-27-42)39-16-8-6-9-17-39/h6-36,38H,37H2,1-5H3. The van der Waals surface area contributed by atoms with Gasteiger partial charge in [0, 0.05) is 49.6 Å². The van der Waals surface area contributed by atoms with Crippen LogP contribution in [0.15, 0.2) is 188 Å². The van der Waals surface area contributed by atoms with Crippen LogP contribution in [0.3, 0.4) is 0 Å². The van der Waals surface area contributed by atoms with Gasteiger partial charge in [-0.1, -0.05) is 174 Å². The topological polar surface area (TPSA) is 48.5 Å². The van der Waals surface area contributed by atoms with Crippen LogP contribution >= 0.6 is 0 Å². The molecular weight excluding hydrogens is 791 g/mol. The second-order valence-corrected chi connectivity index (χ2v) is 19.2. The number of aromatic nitrogens is 5. The fourth-order valence-electron chi connectivity index (χ4n) is 10.8. The molecule has 11 aromatic rings. The molecule has 5 heteroatoms. The molecule has 65 heavy (non-hydrogen) atoms. The van der Waals surface area contributed by atoms with E-state index >= 15 is 0 Å². The van der Waals surface area contributed by atoms with Crippen LogP contribution in [0.25, 0.3) is 100 Å². The molecule has 0 amide bonds. The van der Waals surface area contributed by atoms with Crippen LogP contribution in [0.4, 0.5) is 0 Å². The number of fused-ring (bicyclic) bond motifs is 8. The first-order valence-corrected chi connectivity index (χ1v) is 22.8. The fourth-order valence-corrected chi connectivity index (χ4v) is 10.8. The van der Waals surface area contributed by atoms with Crippen LogP contribution in [0, 0.1) is 5.92 Å². The Morgan fingerprint density at radius 1 is 0.400 bits per heavy atom. The van der Waals surface area contributed by atoms with Gasteiger partial charge in [-0.2, -0.15) is 0 Å². The second kappa shape index (κ2) is 14.7. The summed E-state index contributed by atoms with van der Waals surface area (Å²) in [6.45, 7) is 12.1. The number of benzene rings is 8. The maximum atomic E-state index is 5.13. The van der Waals surface area contributed by atoms with Crippen molar-refractivity contribution in [1.29, 1.82) is 0 Å². The molecule has 0 aliphatic heterocycles. The van der Waals surface area contributed by atoms with Crippen molar-refractivity contribution >= 4 is 43.6 Å². The van der Waals surface area contributed by atoms with E-state index in [0.717, 1.165) is 39.9 Å². The van der Waals surface area contributed by atoms with Crippen LogP contribution in [-0.4, -0.2) is 24.1 Å². The van der Waals surface area contributed by atoms with Gasteiger partial charge in [0.2, 0.25) is 0 Å². The SMILES string of the molecule is CC1CC(C)(C)c2cc(-n3c4ccccc4c4ccc5c6ccccc6n(-c6ccc(-c7nc(-c8ccccc8)nc(-c8ccc(-c9ccccc9)cc8)n7)cc6)c5c43)ccc2C1(C)C. The summed E-state index contributed by atoms with van der Waals surface area (Å²) in [6.07, 6.45) is 1.15. The van der Waals surface area contributed by atoms with Gasteiger partial charge in [-0.3, -0.25) is 0 Å². The molecule has 0 radical (unpaired) electrons. The third kappa shape index (κ3) is 6.24. The lowest BCUT2D eigenvalue weighted by molar-refractivity contribution is 0.233. The summed E-state index contributed by atoms with van der Waals surface area (Å²) in [5, 5.41) is 4.93. The summed E-state index contributed by atoms with van der Waals surface area (Å²) < 4.78 is 4.99. The number of para-hydroxylation sites is 2. The van der Waals surface area contributed by atoms with Gasteiger partial charge in [0.1, 0.15) is 0 Å². The lowest BCUT2D eigenvalue weighted by Crippen LogP contribution is -2.40. The number of rotatable bonds is 6. The minimum absolute atomic E-state index is 0.0547. The van der Waals surface area contributed by atoms with Gasteiger partial charge in [-0.05, 0) is 94.0 Å². The molecule has 1 aliphatic carbocycles. The second-order valence-electron chi connectivity index (χ2n) is 19.2. The van der Waals surface area contributed by atoms with E-state index in [1.165, 1.54) is 60.5 Å². The number of nitrogens with zero attached hydrogens (tertiary/aromatic N) is 5. The lowest BCUT2D eigenvalue weighted by atomic mass is 9.58. The fraction of sp³-hybridized carbons (Fsp3) is 0.150. The predicted octanol–water partition coefficient (Wildman–Crippen LogP) is 15.3. The molecule has 0 saturated heterocycles. The minimum atomic E-state index is 0.0547. The molecule has 1 aliphatic rings. The Balaban J connectivity index is 1.04. The summed E-state index contributed by atoms with van der Waals surface area (Å²) in [4.78, 5) is 15.2. The summed E-state index contributed by atoms with van der Waals surface area (Å²) in [5.74, 6) is 2.49. The van der Waals surface area contributed by atoms with Crippen LogP contribution in [-0.2, 0) is 10.8 Å². The highest BCUT2D eigenvalue weighted by atomic mass is 15.1. The normalized spacial score (nSPS) is 15.5. The highest BCUT2D eigenvalue weighted by molar-refractivity contribution is 6.23. The average molecular weight is 840 g/mol. The summed E-state index contributed by atoms with van der Waals surface area (Å²) in [5.41, 5.74) is 15.2. The third-order valence-corrected chi connectivity index (χ3v) is 14.5. The quantitative estimate of drug-likeness (QED) is 0.168. The number of hydrogen-bond acceptors (Lipinski definition) is 3. The molecule has 12 rings (SSSR count). The molecule has 0 saturated carbocycles. The molecule has 5 nitrogen and oxygen atoms in total. The van der Waals surface area contributed by atoms with Crippen molar-refractivity contribution in [3.63, 3.8) is 0 Å². The molecule has 3 heterocycles. The zero-order valence-corrected chi connectivity index (χ0v) is 37.4. The van der Waals surface area contributed by atoms with Crippen molar-refractivity contribution < 1.29 is 0 Å². The van der Waals surface area contributed by atoms with E-state index < -0.39 is 0 Å². The van der Waals surface area contributed by atoms with Crippen molar-refractivity contribution in [2.45, 2.75) is 51.9 Å². The number of hydrogen-bond donors (Lipinski definition) is 0. The highest BCUT2D eigenvalue weighted by Gasteiger charge is 2.42. The molecular formula is C60H49N5. The summed E-state index contributed by atoms with van der Waals surface area (Å²) >= 11 is 0. The maximum Gasteiger partial charge on any atom is 0.164 e. The van der Waals surface area contributed by atoms with Crippen LogP contribution in [0.5, 0.6) is 0 Å². The van der Waals surface area contributed by atoms with Crippen molar-refractivity contribution in [2.24, 2.45) is 5.92 Å². The summed E-state index contributed by atoms with van der Waals surface area (Å²) in [6, 6.07) is 67.5. The monoisotopic (exact) mass is 839 g/mol. The molecule has 1 atom stereocenters. The molecule has 3 aromatic heterocycles. The largest absolute Gasteiger partial charge is 0.307 e. The molecule has 0 bridgehead atoms. The van der Waals surface area contributed by atoms with Gasteiger partial charge in [-0.25, -0.2) is 15.0 Å². The van der Waals surface area contributed by atoms with E-state index in [1.54, 1.807) is 0 Å². The lowest BCUT2D eigenvalue weighted by Gasteiger charge is -2.46. The maximum absolute atomic E-state index is 5.13. The zero-order valence-electron chi connectivity index (χ0n) is 37.4. The van der Waals surface area contributed by atoms with E-state index in [2.05, 4.69) is 208 Å². The summed E-state index contributed by atoms with van der Waals surface area (Å²) in [7, 11) is 0. The Morgan fingerprint density at radius 3 is 1.37 bits per heavy atom. The molecule has 0 N–H and O–H groups in total. The van der Waals surface area contributed by atoms with E-state index in [1.807, 2.05) is 24.3 Å². The molecule has 0 fully saturated rings. The van der Waals surface area contributed by atoms with E-state index in [9.17, 15) is 0 Å². The van der Waals surface area contributed by atoms with Gasteiger partial charge in [0.15, 0.2) is 17.5 Å². The highest BCUT2D eigenvalue weighted by Crippen LogP contribution is 2.50. The van der Waals surface area contributed by atoms with Crippen LogP contribution in [0.2, 0.25) is 0 Å². The van der Waals surface area contributed by atoms with Crippen LogP contribution < -0.4 is 0 Å². The zero-order chi connectivity index (χ0) is 44.0. The van der Waals surface area contributed by atoms with Crippen molar-refractivity contribution in [1.82, 2.24) is 24.1 Å². The first kappa shape index (κ1) is 39.0. The molecule has 1 unspecified atom stereocenters. The predicted molar refractivity (Wildman–Crippen MR) is 270 cm³/mol. The smallest absolute Gasteiger partial charge is 0.164 e. The van der Waals surface area contributed by atoms with Gasteiger partial charge in [-0.15, -0.1) is 0 Å². The van der Waals surface area contributed by atoms with Crippen molar-refractivity contribution in [2.75, 3.05) is 0 Å². The van der Waals surface area contributed by atoms with E-state index in [-0.39, 0.29) is 10.8 Å². The third-order valence-electron chi connectivity index (χ3n) is 14.5. The van der Waals surface area contributed by atoms with Crippen LogP contribution in [0.1, 0.15) is 52.2 Å². The molecule has 0 spiro atoms. The minimum Gasteiger partial charge on any atom is -0.307 e. The van der Waals surface area contributed by atoms with E-state index in [4.69, 9.17) is 15.0 Å². The molecule has 314 valence electrons. The first-order valence-electron chi connectivity index (χ1n) is 22.8. The average Bonchev–Trinajstić information content (AvgIpc) is 3.87. The van der Waals surface area contributed by atoms with Gasteiger partial charge >= 0.3 is 0 Å². The van der Waals surface area contributed by atoms with Gasteiger partial charge in [0.25, 0.3) is 0 Å². The first-order chi connectivity index (χ1) is 31.6. The molecule has 8 aromatic carbocycles. The van der Waals surface area contributed by atoms with Gasteiger partial charge in [0.05, 0.1) is 22.1 Å². The Kier molecular flexibility index (Phi) is 8.83.